The Hall–Kier alpha value is -4.44. The molecule has 1 saturated heterocycles. The SMILES string of the molecule is CCOc1ccc(NC(=O)[C@H]([C@@H](C)c2ccccc2)N2C(=O)NC(c3ccc(OCCOC)cc3)C2=O)c(F)c1. The minimum absolute atomic E-state index is 0.0913. The molecule has 0 aliphatic carbocycles. The number of ether oxygens (including phenoxy) is 3. The maximum absolute atomic E-state index is 14.8. The van der Waals surface area contributed by atoms with Crippen molar-refractivity contribution in [3.63, 3.8) is 0 Å². The maximum atomic E-state index is 14.8. The first-order valence-electron chi connectivity index (χ1n) is 13.0. The molecule has 1 unspecified atom stereocenters. The molecule has 40 heavy (non-hydrogen) atoms. The summed E-state index contributed by atoms with van der Waals surface area (Å²) in [6, 6.07) is 16.9. The fourth-order valence-electron chi connectivity index (χ4n) is 4.55. The molecular weight excluding hydrogens is 517 g/mol. The molecule has 0 radical (unpaired) electrons. The number of nitrogens with one attached hydrogen (secondary N) is 2. The van der Waals surface area contributed by atoms with Gasteiger partial charge in [0.25, 0.3) is 5.91 Å². The Kier molecular flexibility index (Phi) is 9.34. The molecule has 0 spiro atoms. The van der Waals surface area contributed by atoms with Crippen molar-refractivity contribution in [1.82, 2.24) is 10.2 Å². The van der Waals surface area contributed by atoms with E-state index in [1.165, 1.54) is 18.2 Å². The number of halogens is 1. The summed E-state index contributed by atoms with van der Waals surface area (Å²) in [7, 11) is 1.58. The molecule has 9 nitrogen and oxygen atoms in total. The van der Waals surface area contributed by atoms with Gasteiger partial charge in [-0.2, -0.15) is 0 Å². The Balaban J connectivity index is 1.61. The van der Waals surface area contributed by atoms with Crippen LogP contribution in [0.3, 0.4) is 0 Å². The Morgan fingerprint density at radius 1 is 1.00 bits per heavy atom. The number of carbonyl (C=O) groups is 3. The van der Waals surface area contributed by atoms with Crippen molar-refractivity contribution in [3.05, 3.63) is 89.7 Å². The number of amides is 4. The fraction of sp³-hybridized carbons (Fsp3) is 0.300. The summed E-state index contributed by atoms with van der Waals surface area (Å²) < 4.78 is 30.7. The van der Waals surface area contributed by atoms with E-state index >= 15 is 0 Å². The second kappa shape index (κ2) is 13.1. The molecule has 3 aromatic rings. The van der Waals surface area contributed by atoms with Gasteiger partial charge < -0.3 is 24.8 Å². The van der Waals surface area contributed by atoms with Gasteiger partial charge in [-0.1, -0.05) is 49.4 Å². The molecular formula is C30H32FN3O6. The molecule has 1 aliphatic heterocycles. The monoisotopic (exact) mass is 549 g/mol. The number of benzene rings is 3. The molecule has 3 aromatic carbocycles. The van der Waals surface area contributed by atoms with E-state index in [0.29, 0.717) is 36.9 Å². The minimum Gasteiger partial charge on any atom is -0.494 e. The smallest absolute Gasteiger partial charge is 0.325 e. The van der Waals surface area contributed by atoms with Crippen molar-refractivity contribution < 1.29 is 33.0 Å². The highest BCUT2D eigenvalue weighted by atomic mass is 19.1. The summed E-state index contributed by atoms with van der Waals surface area (Å²) in [5.74, 6) is -1.69. The zero-order chi connectivity index (χ0) is 28.6. The van der Waals surface area contributed by atoms with Crippen molar-refractivity contribution in [3.8, 4) is 11.5 Å². The van der Waals surface area contributed by atoms with Crippen LogP contribution in [-0.4, -0.2) is 55.7 Å². The van der Waals surface area contributed by atoms with Crippen LogP contribution in [0.15, 0.2) is 72.8 Å². The molecule has 0 bridgehead atoms. The highest BCUT2D eigenvalue weighted by Gasteiger charge is 2.47. The number of nitrogens with zero attached hydrogens (tertiary/aromatic N) is 1. The third-order valence-corrected chi connectivity index (χ3v) is 6.60. The van der Waals surface area contributed by atoms with Gasteiger partial charge in [0.15, 0.2) is 0 Å². The van der Waals surface area contributed by atoms with Crippen LogP contribution in [0, 0.1) is 5.82 Å². The number of hydrogen-bond acceptors (Lipinski definition) is 6. The highest BCUT2D eigenvalue weighted by Crippen LogP contribution is 2.32. The van der Waals surface area contributed by atoms with Crippen molar-refractivity contribution in [2.24, 2.45) is 0 Å². The van der Waals surface area contributed by atoms with Gasteiger partial charge in [0, 0.05) is 19.1 Å². The fourth-order valence-corrected chi connectivity index (χ4v) is 4.55. The van der Waals surface area contributed by atoms with Crippen LogP contribution in [0.2, 0.25) is 0 Å². The van der Waals surface area contributed by atoms with E-state index < -0.39 is 41.7 Å². The number of carbonyl (C=O) groups excluding carboxylic acids is 3. The number of hydrogen-bond donors (Lipinski definition) is 2. The first-order valence-corrected chi connectivity index (χ1v) is 13.0. The van der Waals surface area contributed by atoms with Gasteiger partial charge in [0.1, 0.15) is 36.0 Å². The summed E-state index contributed by atoms with van der Waals surface area (Å²) in [5.41, 5.74) is 1.17. The van der Waals surface area contributed by atoms with E-state index in [0.717, 1.165) is 10.5 Å². The minimum atomic E-state index is -1.26. The van der Waals surface area contributed by atoms with Gasteiger partial charge >= 0.3 is 6.03 Å². The van der Waals surface area contributed by atoms with Gasteiger partial charge in [0.05, 0.1) is 18.9 Å². The molecule has 1 aliphatic rings. The molecule has 2 N–H and O–H groups in total. The molecule has 210 valence electrons. The first kappa shape index (κ1) is 28.6. The molecule has 10 heteroatoms. The van der Waals surface area contributed by atoms with Crippen molar-refractivity contribution in [2.45, 2.75) is 31.8 Å². The van der Waals surface area contributed by atoms with Gasteiger partial charge in [-0.15, -0.1) is 0 Å². The topological polar surface area (TPSA) is 106 Å². The lowest BCUT2D eigenvalue weighted by atomic mass is 9.91. The number of imide groups is 1. The predicted octanol–water partition coefficient (Wildman–Crippen LogP) is 4.65. The molecule has 1 fully saturated rings. The predicted molar refractivity (Wildman–Crippen MR) is 147 cm³/mol. The Labute approximate surface area is 232 Å². The number of methoxy groups -OCH3 is 1. The summed E-state index contributed by atoms with van der Waals surface area (Å²) in [5, 5.41) is 5.25. The lowest BCUT2D eigenvalue weighted by Gasteiger charge is -2.30. The van der Waals surface area contributed by atoms with Crippen LogP contribution in [0.1, 0.15) is 36.9 Å². The van der Waals surface area contributed by atoms with Crippen LogP contribution in [-0.2, 0) is 14.3 Å². The van der Waals surface area contributed by atoms with Crippen LogP contribution in [0.5, 0.6) is 11.5 Å². The van der Waals surface area contributed by atoms with Crippen molar-refractivity contribution >= 4 is 23.5 Å². The first-order chi connectivity index (χ1) is 19.3. The Morgan fingerprint density at radius 3 is 2.35 bits per heavy atom. The molecule has 3 atom stereocenters. The quantitative estimate of drug-likeness (QED) is 0.252. The summed E-state index contributed by atoms with van der Waals surface area (Å²) in [6.07, 6.45) is 0. The number of anilines is 1. The van der Waals surface area contributed by atoms with Crippen molar-refractivity contribution in [2.75, 3.05) is 32.2 Å². The third-order valence-electron chi connectivity index (χ3n) is 6.60. The van der Waals surface area contributed by atoms with Gasteiger partial charge in [-0.3, -0.25) is 9.59 Å². The summed E-state index contributed by atoms with van der Waals surface area (Å²) in [4.78, 5) is 41.5. The van der Waals surface area contributed by atoms with Gasteiger partial charge in [-0.25, -0.2) is 14.1 Å². The van der Waals surface area contributed by atoms with Crippen molar-refractivity contribution in [1.29, 1.82) is 0 Å². The molecule has 4 amide bonds. The molecule has 1 heterocycles. The largest absolute Gasteiger partial charge is 0.494 e. The van der Waals surface area contributed by atoms with Gasteiger partial charge in [-0.05, 0) is 42.3 Å². The Bertz CT molecular complexity index is 1340. The van der Waals surface area contributed by atoms with Crippen LogP contribution in [0.4, 0.5) is 14.9 Å². The van der Waals surface area contributed by atoms with E-state index in [-0.39, 0.29) is 5.69 Å². The molecule has 4 rings (SSSR count). The standard InChI is InChI=1S/C30H32FN3O6/c1-4-39-23-14-15-25(24(31)18-23)32-28(35)27(19(2)20-8-6-5-7-9-20)34-29(36)26(33-30(34)37)21-10-12-22(13-11-21)40-17-16-38-3/h5-15,18-19,26-27H,4,16-17H2,1-3H3,(H,32,35)(H,33,37)/t19-,26?,27-/m0/s1. The average molecular weight is 550 g/mol. The zero-order valence-electron chi connectivity index (χ0n) is 22.6. The van der Waals surface area contributed by atoms with E-state index in [1.54, 1.807) is 69.5 Å². The highest BCUT2D eigenvalue weighted by molar-refractivity contribution is 6.10. The maximum Gasteiger partial charge on any atom is 0.325 e. The zero-order valence-corrected chi connectivity index (χ0v) is 22.6. The van der Waals surface area contributed by atoms with Crippen LogP contribution >= 0.6 is 0 Å². The normalized spacial score (nSPS) is 16.3. The second-order valence-electron chi connectivity index (χ2n) is 9.21. The summed E-state index contributed by atoms with van der Waals surface area (Å²) in [6.45, 7) is 4.68. The Morgan fingerprint density at radius 2 is 1.70 bits per heavy atom. The number of urea groups is 1. The second-order valence-corrected chi connectivity index (χ2v) is 9.21. The lowest BCUT2D eigenvalue weighted by molar-refractivity contribution is -0.134. The van der Waals surface area contributed by atoms with Crippen LogP contribution in [0.25, 0.3) is 0 Å². The van der Waals surface area contributed by atoms with Crippen LogP contribution < -0.4 is 20.1 Å². The molecule has 0 aromatic heterocycles. The van der Waals surface area contributed by atoms with E-state index in [4.69, 9.17) is 14.2 Å². The van der Waals surface area contributed by atoms with E-state index in [2.05, 4.69) is 10.6 Å². The summed E-state index contributed by atoms with van der Waals surface area (Å²) >= 11 is 0. The van der Waals surface area contributed by atoms with E-state index in [9.17, 15) is 18.8 Å². The third kappa shape index (κ3) is 6.40. The lowest BCUT2D eigenvalue weighted by Crippen LogP contribution is -2.50. The number of rotatable bonds is 12. The molecule has 0 saturated carbocycles. The van der Waals surface area contributed by atoms with E-state index in [1.807, 2.05) is 6.07 Å². The average Bonchev–Trinajstić information content (AvgIpc) is 3.25. The van der Waals surface area contributed by atoms with Gasteiger partial charge in [0.2, 0.25) is 5.91 Å².